The van der Waals surface area contributed by atoms with Crippen molar-refractivity contribution in [1.29, 1.82) is 0 Å². The monoisotopic (exact) mass is 380 g/mol. The molecular weight excluding hydrogens is 362 g/mol. The highest BCUT2D eigenvalue weighted by Crippen LogP contribution is 2.33. The predicted octanol–water partition coefficient (Wildman–Crippen LogP) is 4.03. The fourth-order valence-corrected chi connectivity index (χ4v) is 3.18. The highest BCUT2D eigenvalue weighted by atomic mass is 19.1. The van der Waals surface area contributed by atoms with Gasteiger partial charge >= 0.3 is 0 Å². The van der Waals surface area contributed by atoms with E-state index in [2.05, 4.69) is 15.6 Å². The standard InChI is InChI=1S/C21H18F2N4O/c1-24-17-5-2-13(3-6-17)14-9-19-21(25-10-14)26-11-20(28)27(19)12-15-8-16(22)4-7-18(15)23/h2-10,24H,11-12H2,1H3,(H,25,26). The first-order chi connectivity index (χ1) is 13.5. The Kier molecular flexibility index (Phi) is 4.65. The Balaban J connectivity index is 1.72. The molecule has 0 bridgehead atoms. The first-order valence-corrected chi connectivity index (χ1v) is 8.81. The van der Waals surface area contributed by atoms with E-state index in [1.165, 1.54) is 4.90 Å². The molecule has 0 saturated heterocycles. The maximum absolute atomic E-state index is 14.1. The van der Waals surface area contributed by atoms with Gasteiger partial charge in [0.05, 0.1) is 18.8 Å². The number of halogens is 2. The Morgan fingerprint density at radius 2 is 1.89 bits per heavy atom. The van der Waals surface area contributed by atoms with Gasteiger partial charge in [0.2, 0.25) is 5.91 Å². The lowest BCUT2D eigenvalue weighted by molar-refractivity contribution is -0.117. The lowest BCUT2D eigenvalue weighted by atomic mass is 10.1. The van der Waals surface area contributed by atoms with Crippen molar-refractivity contribution in [2.24, 2.45) is 0 Å². The molecule has 1 aromatic heterocycles. The molecule has 3 aromatic rings. The van der Waals surface area contributed by atoms with Crippen molar-refractivity contribution in [3.05, 3.63) is 71.9 Å². The Bertz CT molecular complexity index is 1040. The predicted molar refractivity (Wildman–Crippen MR) is 105 cm³/mol. The van der Waals surface area contributed by atoms with Crippen LogP contribution >= 0.6 is 0 Å². The van der Waals surface area contributed by atoms with E-state index < -0.39 is 11.6 Å². The molecule has 0 atom stereocenters. The minimum Gasteiger partial charge on any atom is -0.388 e. The summed E-state index contributed by atoms with van der Waals surface area (Å²) in [6, 6.07) is 12.8. The molecule has 1 aliphatic rings. The minimum atomic E-state index is -0.555. The maximum atomic E-state index is 14.1. The van der Waals surface area contributed by atoms with E-state index in [9.17, 15) is 13.6 Å². The molecule has 2 heterocycles. The van der Waals surface area contributed by atoms with Crippen molar-refractivity contribution in [2.75, 3.05) is 29.1 Å². The first-order valence-electron chi connectivity index (χ1n) is 8.81. The van der Waals surface area contributed by atoms with Gasteiger partial charge in [0, 0.05) is 30.1 Å². The average Bonchev–Trinajstić information content (AvgIpc) is 2.72. The van der Waals surface area contributed by atoms with Crippen LogP contribution in [0.25, 0.3) is 11.1 Å². The topological polar surface area (TPSA) is 57.3 Å². The van der Waals surface area contributed by atoms with Crippen molar-refractivity contribution in [1.82, 2.24) is 4.98 Å². The van der Waals surface area contributed by atoms with Crippen LogP contribution in [-0.2, 0) is 11.3 Å². The lowest BCUT2D eigenvalue weighted by Gasteiger charge is -2.30. The van der Waals surface area contributed by atoms with Crippen LogP contribution in [0.1, 0.15) is 5.56 Å². The fraction of sp³-hybridized carbons (Fsp3) is 0.143. The summed E-state index contributed by atoms with van der Waals surface area (Å²) in [5.41, 5.74) is 3.39. The summed E-state index contributed by atoms with van der Waals surface area (Å²) >= 11 is 0. The summed E-state index contributed by atoms with van der Waals surface area (Å²) in [6.07, 6.45) is 1.72. The second-order valence-electron chi connectivity index (χ2n) is 6.49. The molecular formula is C21H18F2N4O. The van der Waals surface area contributed by atoms with Gasteiger partial charge in [0.15, 0.2) is 5.82 Å². The number of pyridine rings is 1. The summed E-state index contributed by atoms with van der Waals surface area (Å²) < 4.78 is 27.6. The van der Waals surface area contributed by atoms with E-state index in [-0.39, 0.29) is 24.6 Å². The van der Waals surface area contributed by atoms with Crippen LogP contribution < -0.4 is 15.5 Å². The summed E-state index contributed by atoms with van der Waals surface area (Å²) in [5, 5.41) is 6.03. The molecule has 0 spiro atoms. The summed E-state index contributed by atoms with van der Waals surface area (Å²) in [5.74, 6) is -0.801. The zero-order valence-corrected chi connectivity index (χ0v) is 15.2. The van der Waals surface area contributed by atoms with Crippen molar-refractivity contribution in [2.45, 2.75) is 6.54 Å². The highest BCUT2D eigenvalue weighted by molar-refractivity contribution is 6.02. The van der Waals surface area contributed by atoms with Gasteiger partial charge in [0.1, 0.15) is 11.6 Å². The largest absolute Gasteiger partial charge is 0.388 e. The first kappa shape index (κ1) is 17.9. The number of hydrogen-bond donors (Lipinski definition) is 2. The Hall–Kier alpha value is -3.48. The van der Waals surface area contributed by atoms with Crippen LogP contribution in [0, 0.1) is 11.6 Å². The number of amides is 1. The number of fused-ring (bicyclic) bond motifs is 1. The molecule has 1 aliphatic heterocycles. The molecule has 1 amide bonds. The fourth-order valence-electron chi connectivity index (χ4n) is 3.18. The number of nitrogens with zero attached hydrogens (tertiary/aromatic N) is 2. The molecule has 2 aromatic carbocycles. The van der Waals surface area contributed by atoms with E-state index >= 15 is 0 Å². The number of benzene rings is 2. The molecule has 5 nitrogen and oxygen atoms in total. The molecule has 142 valence electrons. The van der Waals surface area contributed by atoms with E-state index in [4.69, 9.17) is 0 Å². The highest BCUT2D eigenvalue weighted by Gasteiger charge is 2.26. The van der Waals surface area contributed by atoms with Crippen molar-refractivity contribution < 1.29 is 13.6 Å². The Morgan fingerprint density at radius 3 is 2.64 bits per heavy atom. The van der Waals surface area contributed by atoms with Gasteiger partial charge < -0.3 is 15.5 Å². The molecule has 4 rings (SSSR count). The van der Waals surface area contributed by atoms with Gasteiger partial charge in [-0.05, 0) is 42.0 Å². The van der Waals surface area contributed by atoms with Gasteiger partial charge in [-0.1, -0.05) is 12.1 Å². The van der Waals surface area contributed by atoms with Gasteiger partial charge in [-0.2, -0.15) is 0 Å². The van der Waals surface area contributed by atoms with E-state index in [0.717, 1.165) is 35.0 Å². The molecule has 0 aliphatic carbocycles. The van der Waals surface area contributed by atoms with Crippen molar-refractivity contribution in [3.8, 4) is 11.1 Å². The number of carbonyl (C=O) groups is 1. The lowest BCUT2D eigenvalue weighted by Crippen LogP contribution is -2.40. The number of hydrogen-bond acceptors (Lipinski definition) is 4. The summed E-state index contributed by atoms with van der Waals surface area (Å²) in [7, 11) is 1.84. The second kappa shape index (κ2) is 7.26. The third-order valence-corrected chi connectivity index (χ3v) is 4.71. The van der Waals surface area contributed by atoms with Crippen LogP contribution in [0.2, 0.25) is 0 Å². The van der Waals surface area contributed by atoms with Gasteiger partial charge in [-0.25, -0.2) is 13.8 Å². The molecule has 0 unspecified atom stereocenters. The third-order valence-electron chi connectivity index (χ3n) is 4.71. The molecule has 7 heteroatoms. The van der Waals surface area contributed by atoms with Crippen LogP contribution in [0.5, 0.6) is 0 Å². The van der Waals surface area contributed by atoms with Gasteiger partial charge in [-0.3, -0.25) is 4.79 Å². The average molecular weight is 380 g/mol. The molecule has 2 N–H and O–H groups in total. The number of nitrogens with one attached hydrogen (secondary N) is 2. The number of anilines is 3. The zero-order valence-electron chi connectivity index (χ0n) is 15.2. The number of aromatic nitrogens is 1. The number of rotatable bonds is 4. The summed E-state index contributed by atoms with van der Waals surface area (Å²) in [6.45, 7) is -0.0198. The smallest absolute Gasteiger partial charge is 0.246 e. The Labute approximate surface area is 161 Å². The van der Waals surface area contributed by atoms with Crippen molar-refractivity contribution in [3.63, 3.8) is 0 Å². The quantitative estimate of drug-likeness (QED) is 0.718. The third kappa shape index (κ3) is 3.38. The molecule has 0 saturated carbocycles. The van der Waals surface area contributed by atoms with Crippen LogP contribution in [-0.4, -0.2) is 24.5 Å². The maximum Gasteiger partial charge on any atom is 0.246 e. The van der Waals surface area contributed by atoms with E-state index in [1.807, 2.05) is 37.4 Å². The minimum absolute atomic E-state index is 0.0488. The van der Waals surface area contributed by atoms with Crippen LogP contribution in [0.3, 0.4) is 0 Å². The second-order valence-corrected chi connectivity index (χ2v) is 6.49. The summed E-state index contributed by atoms with van der Waals surface area (Å²) in [4.78, 5) is 18.3. The van der Waals surface area contributed by atoms with Gasteiger partial charge in [0.25, 0.3) is 0 Å². The number of carbonyl (C=O) groups excluding carboxylic acids is 1. The van der Waals surface area contributed by atoms with Gasteiger partial charge in [-0.15, -0.1) is 0 Å². The van der Waals surface area contributed by atoms with E-state index in [1.54, 1.807) is 6.20 Å². The van der Waals surface area contributed by atoms with Crippen LogP contribution in [0.15, 0.2) is 54.7 Å². The molecule has 0 fully saturated rings. The van der Waals surface area contributed by atoms with Crippen molar-refractivity contribution >= 4 is 23.1 Å². The van der Waals surface area contributed by atoms with Crippen LogP contribution in [0.4, 0.5) is 26.0 Å². The SMILES string of the molecule is CNc1ccc(-c2cnc3c(c2)N(Cc2cc(F)ccc2F)C(=O)CN3)cc1. The molecule has 28 heavy (non-hydrogen) atoms. The normalized spacial score (nSPS) is 13.1. The Morgan fingerprint density at radius 1 is 1.11 bits per heavy atom. The molecule has 0 radical (unpaired) electrons. The zero-order chi connectivity index (χ0) is 19.7. The van der Waals surface area contributed by atoms with E-state index in [0.29, 0.717) is 11.5 Å².